The van der Waals surface area contributed by atoms with E-state index in [9.17, 15) is 13.2 Å². The van der Waals surface area contributed by atoms with Crippen LogP contribution in [0.4, 0.5) is 5.69 Å². The monoisotopic (exact) mass is 339 g/mol. The van der Waals surface area contributed by atoms with Gasteiger partial charge in [-0.25, -0.2) is 13.4 Å². The molecule has 0 bridgehead atoms. The highest BCUT2D eigenvalue weighted by Crippen LogP contribution is 2.28. The second-order valence-corrected chi connectivity index (χ2v) is 7.18. The summed E-state index contributed by atoms with van der Waals surface area (Å²) in [5, 5.41) is 0.841. The summed E-state index contributed by atoms with van der Waals surface area (Å²) in [5.74, 6) is 0.0400. The summed E-state index contributed by atoms with van der Waals surface area (Å²) in [6, 6.07) is 13.8. The van der Waals surface area contributed by atoms with Crippen molar-refractivity contribution in [2.45, 2.75) is 11.8 Å². The van der Waals surface area contributed by atoms with Crippen LogP contribution in [-0.2, 0) is 10.0 Å². The number of amidine groups is 1. The van der Waals surface area contributed by atoms with Crippen molar-refractivity contribution >= 4 is 32.4 Å². The Bertz CT molecular complexity index is 1180. The molecule has 2 heterocycles. The van der Waals surface area contributed by atoms with Crippen molar-refractivity contribution in [1.82, 2.24) is 9.71 Å². The second kappa shape index (κ2) is 5.04. The standard InChI is InChI=1S/C17H13N3O3S/c1-10-11-6-2-3-7-12(11)19-17(21)15(10)16-18-13-8-4-5-9-14(13)24(22,23)20-16/h2-9H,1H3,(H,18,20)(H,19,21). The predicted octanol–water partition coefficient (Wildman–Crippen LogP) is 2.21. The lowest BCUT2D eigenvalue weighted by atomic mass is 10.0. The zero-order valence-corrected chi connectivity index (χ0v) is 13.5. The molecular weight excluding hydrogens is 326 g/mol. The van der Waals surface area contributed by atoms with Crippen LogP contribution in [0.15, 0.2) is 63.2 Å². The van der Waals surface area contributed by atoms with E-state index in [4.69, 9.17) is 0 Å². The third kappa shape index (κ3) is 2.13. The van der Waals surface area contributed by atoms with Crippen LogP contribution in [0.25, 0.3) is 10.9 Å². The van der Waals surface area contributed by atoms with Crippen molar-refractivity contribution in [3.05, 3.63) is 70.0 Å². The summed E-state index contributed by atoms with van der Waals surface area (Å²) in [4.78, 5) is 19.7. The molecule has 6 nitrogen and oxygen atoms in total. The lowest BCUT2D eigenvalue weighted by molar-refractivity contribution is 0.592. The fraction of sp³-hybridized carbons (Fsp3) is 0.0588. The highest BCUT2D eigenvalue weighted by Gasteiger charge is 2.28. The van der Waals surface area contributed by atoms with Crippen LogP contribution in [0.3, 0.4) is 0 Å². The number of nitrogens with zero attached hydrogens (tertiary/aromatic N) is 1. The molecule has 24 heavy (non-hydrogen) atoms. The van der Waals surface area contributed by atoms with Crippen molar-refractivity contribution in [2.75, 3.05) is 0 Å². The lowest BCUT2D eigenvalue weighted by Gasteiger charge is -2.19. The van der Waals surface area contributed by atoms with Crippen LogP contribution >= 0.6 is 0 Å². The average Bonchev–Trinajstić information content (AvgIpc) is 2.54. The Morgan fingerprint density at radius 2 is 1.71 bits per heavy atom. The molecule has 0 atom stereocenters. The summed E-state index contributed by atoms with van der Waals surface area (Å²) in [6.45, 7) is 1.78. The minimum Gasteiger partial charge on any atom is -0.321 e. The molecule has 2 aromatic carbocycles. The van der Waals surface area contributed by atoms with E-state index in [0.717, 1.165) is 5.39 Å². The van der Waals surface area contributed by atoms with Gasteiger partial charge in [-0.15, -0.1) is 0 Å². The summed E-state index contributed by atoms with van der Waals surface area (Å²) in [7, 11) is -3.76. The molecular formula is C17H13N3O3S. The third-order valence-electron chi connectivity index (χ3n) is 4.04. The minimum atomic E-state index is -3.76. The number of nitrogens with one attached hydrogen (secondary N) is 2. The Hall–Kier alpha value is -2.93. The van der Waals surface area contributed by atoms with Gasteiger partial charge in [0.15, 0.2) is 5.84 Å². The van der Waals surface area contributed by atoms with Crippen LogP contribution in [0.2, 0.25) is 0 Å². The largest absolute Gasteiger partial charge is 0.321 e. The summed E-state index contributed by atoms with van der Waals surface area (Å²) in [5.41, 5.74) is 1.54. The van der Waals surface area contributed by atoms with Crippen molar-refractivity contribution in [3.63, 3.8) is 0 Å². The number of hydrogen-bond donors (Lipinski definition) is 2. The van der Waals surface area contributed by atoms with E-state index in [1.54, 1.807) is 31.2 Å². The van der Waals surface area contributed by atoms with Crippen molar-refractivity contribution in [1.29, 1.82) is 0 Å². The van der Waals surface area contributed by atoms with Gasteiger partial charge in [0.05, 0.1) is 11.3 Å². The number of pyridine rings is 1. The Labute approximate surface area is 137 Å². The van der Waals surface area contributed by atoms with Gasteiger partial charge in [-0.2, -0.15) is 0 Å². The van der Waals surface area contributed by atoms with E-state index < -0.39 is 10.0 Å². The number of benzene rings is 2. The summed E-state index contributed by atoms with van der Waals surface area (Å²) < 4.78 is 27.3. The lowest BCUT2D eigenvalue weighted by Crippen LogP contribution is -2.38. The maximum absolute atomic E-state index is 12.5. The minimum absolute atomic E-state index is 0.0400. The van der Waals surface area contributed by atoms with E-state index in [1.165, 1.54) is 6.07 Å². The maximum atomic E-state index is 12.5. The predicted molar refractivity (Wildman–Crippen MR) is 92.3 cm³/mol. The number of hydrogen-bond acceptors (Lipinski definition) is 4. The van der Waals surface area contributed by atoms with Gasteiger partial charge in [0, 0.05) is 10.9 Å². The highest BCUT2D eigenvalue weighted by atomic mass is 32.2. The number of sulfonamides is 1. The molecule has 0 aliphatic carbocycles. The first-order valence-electron chi connectivity index (χ1n) is 7.30. The smallest absolute Gasteiger partial charge is 0.265 e. The molecule has 120 valence electrons. The number of aromatic amines is 1. The first-order chi connectivity index (χ1) is 11.5. The summed E-state index contributed by atoms with van der Waals surface area (Å²) >= 11 is 0. The number of para-hydroxylation sites is 2. The number of aromatic nitrogens is 1. The Morgan fingerprint density at radius 3 is 2.54 bits per heavy atom. The van der Waals surface area contributed by atoms with Crippen LogP contribution in [0.1, 0.15) is 11.1 Å². The molecule has 0 fully saturated rings. The topological polar surface area (TPSA) is 91.4 Å². The Balaban J connectivity index is 2.03. The molecule has 0 unspecified atom stereocenters. The molecule has 7 heteroatoms. The third-order valence-corrected chi connectivity index (χ3v) is 5.42. The van der Waals surface area contributed by atoms with Crippen molar-refractivity contribution < 1.29 is 8.42 Å². The van der Waals surface area contributed by atoms with Crippen LogP contribution in [0, 0.1) is 6.92 Å². The molecule has 0 radical (unpaired) electrons. The first-order valence-corrected chi connectivity index (χ1v) is 8.78. The van der Waals surface area contributed by atoms with Gasteiger partial charge >= 0.3 is 0 Å². The van der Waals surface area contributed by atoms with E-state index in [0.29, 0.717) is 16.8 Å². The molecule has 3 aromatic rings. The molecule has 0 spiro atoms. The van der Waals surface area contributed by atoms with Gasteiger partial charge in [0.1, 0.15) is 4.90 Å². The molecule has 0 amide bonds. The average molecular weight is 339 g/mol. The van der Waals surface area contributed by atoms with Gasteiger partial charge < -0.3 is 4.98 Å². The van der Waals surface area contributed by atoms with Gasteiger partial charge in [0.2, 0.25) is 0 Å². The Kier molecular flexibility index (Phi) is 3.07. The van der Waals surface area contributed by atoms with Crippen LogP contribution < -0.4 is 10.3 Å². The van der Waals surface area contributed by atoms with Gasteiger partial charge in [-0.3, -0.25) is 9.52 Å². The van der Waals surface area contributed by atoms with Crippen molar-refractivity contribution in [2.24, 2.45) is 4.99 Å². The van der Waals surface area contributed by atoms with Gasteiger partial charge in [-0.05, 0) is 30.7 Å². The molecule has 1 aliphatic rings. The molecule has 1 aliphatic heterocycles. The second-order valence-electron chi connectivity index (χ2n) is 5.53. The van der Waals surface area contributed by atoms with E-state index >= 15 is 0 Å². The molecule has 0 saturated carbocycles. The number of aryl methyl sites for hydroxylation is 1. The van der Waals surface area contributed by atoms with Crippen LogP contribution in [0.5, 0.6) is 0 Å². The van der Waals surface area contributed by atoms with E-state index in [-0.39, 0.29) is 21.9 Å². The van der Waals surface area contributed by atoms with Crippen molar-refractivity contribution in [3.8, 4) is 0 Å². The SMILES string of the molecule is Cc1c(C2=Nc3ccccc3S(=O)(=O)N2)c(=O)[nH]c2ccccc12. The quantitative estimate of drug-likeness (QED) is 0.712. The van der Waals surface area contributed by atoms with Gasteiger partial charge in [0.25, 0.3) is 15.6 Å². The fourth-order valence-corrected chi connectivity index (χ4v) is 4.06. The van der Waals surface area contributed by atoms with Gasteiger partial charge in [-0.1, -0.05) is 30.3 Å². The molecule has 0 saturated heterocycles. The fourth-order valence-electron chi connectivity index (χ4n) is 2.90. The first kappa shape index (κ1) is 14.6. The maximum Gasteiger partial charge on any atom is 0.265 e. The number of fused-ring (bicyclic) bond motifs is 2. The zero-order chi connectivity index (χ0) is 16.9. The summed E-state index contributed by atoms with van der Waals surface area (Å²) in [6.07, 6.45) is 0. The molecule has 1 aromatic heterocycles. The highest BCUT2D eigenvalue weighted by molar-refractivity contribution is 7.90. The number of H-pyrrole nitrogens is 1. The normalized spacial score (nSPS) is 15.5. The number of aliphatic imine (C=N–C) groups is 1. The Morgan fingerprint density at radius 1 is 1.00 bits per heavy atom. The molecule has 4 rings (SSSR count). The molecule has 2 N–H and O–H groups in total. The number of rotatable bonds is 1. The zero-order valence-electron chi connectivity index (χ0n) is 12.7. The van der Waals surface area contributed by atoms with E-state index in [1.807, 2.05) is 18.2 Å². The van der Waals surface area contributed by atoms with E-state index in [2.05, 4.69) is 14.7 Å². The van der Waals surface area contributed by atoms with Crippen LogP contribution in [-0.4, -0.2) is 19.2 Å².